The van der Waals surface area contributed by atoms with Gasteiger partial charge in [0.1, 0.15) is 6.07 Å². The maximum Gasteiger partial charge on any atom is 0.339 e. The summed E-state index contributed by atoms with van der Waals surface area (Å²) in [4.78, 5) is 24.8. The molecule has 2 aromatic carbocycles. The fourth-order valence-corrected chi connectivity index (χ4v) is 2.65. The zero-order chi connectivity index (χ0) is 21.4. The van der Waals surface area contributed by atoms with Crippen LogP contribution in [-0.4, -0.2) is 31.7 Å². The van der Waals surface area contributed by atoms with E-state index < -0.39 is 18.0 Å². The fraction of sp³-hybridized carbons (Fsp3) is 0.286. The molecule has 7 nitrogen and oxygen atoms in total. The zero-order valence-electron chi connectivity index (χ0n) is 16.3. The standard InChI is InChI=1S/C21H21ClN2O5/c1-4-9-28-19-16(22)10-15(11-18(19)27-3)21(26)29-13(2)20(25)24-17-8-6-5-7-14(17)12-23/h5-8,10-11,13H,4,9H2,1-3H3,(H,24,25)/t13-/m1/s1. The van der Waals surface area contributed by atoms with Crippen LogP contribution < -0.4 is 14.8 Å². The normalized spacial score (nSPS) is 11.1. The van der Waals surface area contributed by atoms with E-state index in [9.17, 15) is 9.59 Å². The summed E-state index contributed by atoms with van der Waals surface area (Å²) in [6, 6.07) is 11.3. The monoisotopic (exact) mass is 416 g/mol. The van der Waals surface area contributed by atoms with E-state index in [2.05, 4.69) is 5.32 Å². The Morgan fingerprint density at radius 3 is 2.66 bits per heavy atom. The number of esters is 1. The number of methoxy groups -OCH3 is 1. The van der Waals surface area contributed by atoms with Crippen molar-refractivity contribution in [3.63, 3.8) is 0 Å². The van der Waals surface area contributed by atoms with Crippen LogP contribution in [-0.2, 0) is 9.53 Å². The summed E-state index contributed by atoms with van der Waals surface area (Å²) in [7, 11) is 1.43. The molecule has 0 saturated carbocycles. The lowest BCUT2D eigenvalue weighted by Gasteiger charge is -2.16. The van der Waals surface area contributed by atoms with Crippen LogP contribution in [0.5, 0.6) is 11.5 Å². The minimum atomic E-state index is -1.10. The number of anilines is 1. The molecule has 152 valence electrons. The number of hydrogen-bond donors (Lipinski definition) is 1. The van der Waals surface area contributed by atoms with Crippen LogP contribution >= 0.6 is 11.6 Å². The minimum Gasteiger partial charge on any atom is -0.493 e. The van der Waals surface area contributed by atoms with Crippen molar-refractivity contribution >= 4 is 29.2 Å². The number of benzene rings is 2. The van der Waals surface area contributed by atoms with E-state index in [-0.39, 0.29) is 16.3 Å². The number of ether oxygens (including phenoxy) is 3. The Balaban J connectivity index is 2.11. The van der Waals surface area contributed by atoms with Gasteiger partial charge in [0.25, 0.3) is 5.91 Å². The van der Waals surface area contributed by atoms with Crippen LogP contribution in [0.3, 0.4) is 0 Å². The molecule has 0 unspecified atom stereocenters. The number of nitriles is 1. The second kappa shape index (κ2) is 10.3. The number of amides is 1. The Labute approximate surface area is 174 Å². The van der Waals surface area contributed by atoms with Crippen molar-refractivity contribution in [2.45, 2.75) is 26.4 Å². The number of halogens is 1. The molecule has 1 N–H and O–H groups in total. The van der Waals surface area contributed by atoms with Gasteiger partial charge in [-0.2, -0.15) is 5.26 Å². The molecule has 0 aromatic heterocycles. The van der Waals surface area contributed by atoms with Crippen molar-refractivity contribution in [1.82, 2.24) is 0 Å². The number of nitrogens with zero attached hydrogens (tertiary/aromatic N) is 1. The van der Waals surface area contributed by atoms with Crippen LogP contribution in [0.2, 0.25) is 5.02 Å². The summed E-state index contributed by atoms with van der Waals surface area (Å²) in [5.74, 6) is -0.685. The van der Waals surface area contributed by atoms with Crippen LogP contribution in [0.4, 0.5) is 5.69 Å². The van der Waals surface area contributed by atoms with Gasteiger partial charge in [0.2, 0.25) is 0 Å². The smallest absolute Gasteiger partial charge is 0.339 e. The number of nitrogens with one attached hydrogen (secondary N) is 1. The SMILES string of the molecule is CCCOc1c(Cl)cc(C(=O)O[C@H](C)C(=O)Nc2ccccc2C#N)cc1OC. The van der Waals surface area contributed by atoms with E-state index in [1.165, 1.54) is 26.2 Å². The highest BCUT2D eigenvalue weighted by Gasteiger charge is 2.22. The molecule has 0 aliphatic rings. The maximum atomic E-state index is 12.5. The Morgan fingerprint density at radius 1 is 1.28 bits per heavy atom. The van der Waals surface area contributed by atoms with Crippen LogP contribution in [0, 0.1) is 11.3 Å². The topological polar surface area (TPSA) is 97.6 Å². The van der Waals surface area contributed by atoms with E-state index in [0.29, 0.717) is 23.6 Å². The summed E-state index contributed by atoms with van der Waals surface area (Å²) in [5.41, 5.74) is 0.761. The van der Waals surface area contributed by atoms with Gasteiger partial charge in [0, 0.05) is 0 Å². The summed E-state index contributed by atoms with van der Waals surface area (Å²) in [6.07, 6.45) is -0.319. The fourth-order valence-electron chi connectivity index (χ4n) is 2.39. The molecule has 8 heteroatoms. The van der Waals surface area contributed by atoms with Crippen molar-refractivity contribution < 1.29 is 23.8 Å². The molecule has 0 bridgehead atoms. The molecule has 2 aromatic rings. The zero-order valence-corrected chi connectivity index (χ0v) is 17.1. The molecule has 0 spiro atoms. The highest BCUT2D eigenvalue weighted by atomic mass is 35.5. The molecule has 1 amide bonds. The van der Waals surface area contributed by atoms with E-state index in [1.54, 1.807) is 24.3 Å². The lowest BCUT2D eigenvalue weighted by atomic mass is 10.2. The van der Waals surface area contributed by atoms with E-state index in [1.807, 2.05) is 13.0 Å². The van der Waals surface area contributed by atoms with Gasteiger partial charge in [-0.3, -0.25) is 4.79 Å². The largest absolute Gasteiger partial charge is 0.493 e. The first-order chi connectivity index (χ1) is 13.9. The number of para-hydroxylation sites is 1. The summed E-state index contributed by atoms with van der Waals surface area (Å²) >= 11 is 6.21. The first-order valence-electron chi connectivity index (χ1n) is 8.92. The third-order valence-electron chi connectivity index (χ3n) is 3.87. The van der Waals surface area contributed by atoms with E-state index in [0.717, 1.165) is 6.42 Å². The molecule has 0 saturated heterocycles. The molecule has 0 radical (unpaired) electrons. The maximum absolute atomic E-state index is 12.5. The number of rotatable bonds is 8. The molecule has 0 fully saturated rings. The molecular formula is C21H21ClN2O5. The van der Waals surface area contributed by atoms with E-state index in [4.69, 9.17) is 31.1 Å². The van der Waals surface area contributed by atoms with Crippen LogP contribution in [0.1, 0.15) is 36.2 Å². The Kier molecular flexibility index (Phi) is 7.87. The molecular weight excluding hydrogens is 396 g/mol. The third kappa shape index (κ3) is 5.62. The van der Waals surface area contributed by atoms with Crippen molar-refractivity contribution in [3.8, 4) is 17.6 Å². The lowest BCUT2D eigenvalue weighted by Crippen LogP contribution is -2.30. The van der Waals surface area contributed by atoms with Crippen molar-refractivity contribution in [2.24, 2.45) is 0 Å². The van der Waals surface area contributed by atoms with Gasteiger partial charge >= 0.3 is 5.97 Å². The first-order valence-corrected chi connectivity index (χ1v) is 9.30. The first kappa shape index (κ1) is 22.1. The predicted octanol–water partition coefficient (Wildman–Crippen LogP) is 4.19. The van der Waals surface area contributed by atoms with Gasteiger partial charge in [-0.1, -0.05) is 30.7 Å². The minimum absolute atomic E-state index is 0.118. The molecule has 0 aliphatic carbocycles. The lowest BCUT2D eigenvalue weighted by molar-refractivity contribution is -0.123. The second-order valence-corrected chi connectivity index (χ2v) is 6.44. The van der Waals surface area contributed by atoms with Gasteiger partial charge in [0.05, 0.1) is 35.6 Å². The van der Waals surface area contributed by atoms with Crippen molar-refractivity contribution in [3.05, 3.63) is 52.5 Å². The van der Waals surface area contributed by atoms with Crippen LogP contribution in [0.15, 0.2) is 36.4 Å². The number of carbonyl (C=O) groups is 2. The summed E-state index contributed by atoms with van der Waals surface area (Å²) in [6.45, 7) is 3.83. The van der Waals surface area contributed by atoms with Gasteiger partial charge < -0.3 is 19.5 Å². The molecule has 1 atom stereocenters. The second-order valence-electron chi connectivity index (χ2n) is 6.03. The van der Waals surface area contributed by atoms with Crippen molar-refractivity contribution in [2.75, 3.05) is 19.0 Å². The van der Waals surface area contributed by atoms with Crippen LogP contribution in [0.25, 0.3) is 0 Å². The third-order valence-corrected chi connectivity index (χ3v) is 4.15. The summed E-state index contributed by atoms with van der Waals surface area (Å²) in [5, 5.41) is 11.9. The van der Waals surface area contributed by atoms with E-state index >= 15 is 0 Å². The Morgan fingerprint density at radius 2 is 2.00 bits per heavy atom. The van der Waals surface area contributed by atoms with Crippen molar-refractivity contribution in [1.29, 1.82) is 5.26 Å². The Hall–Kier alpha value is -3.24. The van der Waals surface area contributed by atoms with Gasteiger partial charge in [-0.05, 0) is 37.6 Å². The Bertz CT molecular complexity index is 939. The molecule has 29 heavy (non-hydrogen) atoms. The summed E-state index contributed by atoms with van der Waals surface area (Å²) < 4.78 is 16.0. The average Bonchev–Trinajstić information content (AvgIpc) is 2.72. The quantitative estimate of drug-likeness (QED) is 0.648. The molecule has 0 heterocycles. The highest BCUT2D eigenvalue weighted by molar-refractivity contribution is 6.32. The number of hydrogen-bond acceptors (Lipinski definition) is 6. The molecule has 2 rings (SSSR count). The highest BCUT2D eigenvalue weighted by Crippen LogP contribution is 2.36. The van der Waals surface area contributed by atoms with Gasteiger partial charge in [0.15, 0.2) is 17.6 Å². The predicted molar refractivity (Wildman–Crippen MR) is 108 cm³/mol. The van der Waals surface area contributed by atoms with Gasteiger partial charge in [-0.15, -0.1) is 0 Å². The van der Waals surface area contributed by atoms with Gasteiger partial charge in [-0.25, -0.2) is 4.79 Å². The average molecular weight is 417 g/mol. The number of carbonyl (C=O) groups excluding carboxylic acids is 2. The molecule has 0 aliphatic heterocycles.